The summed E-state index contributed by atoms with van der Waals surface area (Å²) >= 11 is 0. The van der Waals surface area contributed by atoms with E-state index >= 15 is 0 Å². The van der Waals surface area contributed by atoms with Crippen LogP contribution in [0.25, 0.3) is 10.9 Å². The van der Waals surface area contributed by atoms with Crippen LogP contribution in [0, 0.1) is 0 Å². The average molecular weight is 258 g/mol. The van der Waals surface area contributed by atoms with Gasteiger partial charge in [0.25, 0.3) is 0 Å². The fraction of sp³-hybridized carbons (Fsp3) is 0.429. The standard InChI is InChI=1S/C14H18N4O/c19-14(16-11-4-2-1-3-5-11)17-12-7-6-10-9-15-18-13(10)8-12/h6-9,11H,1-5H2,(H,15,18)(H2,16,17,19). The Balaban J connectivity index is 1.61. The highest BCUT2D eigenvalue weighted by molar-refractivity contribution is 5.92. The first-order chi connectivity index (χ1) is 9.31. The number of aromatic nitrogens is 2. The zero-order valence-electron chi connectivity index (χ0n) is 10.8. The van der Waals surface area contributed by atoms with E-state index in [0.717, 1.165) is 29.4 Å². The molecule has 0 aliphatic heterocycles. The van der Waals surface area contributed by atoms with E-state index in [-0.39, 0.29) is 6.03 Å². The first-order valence-electron chi connectivity index (χ1n) is 6.82. The highest BCUT2D eigenvalue weighted by atomic mass is 16.2. The number of aromatic amines is 1. The lowest BCUT2D eigenvalue weighted by atomic mass is 9.96. The summed E-state index contributed by atoms with van der Waals surface area (Å²) in [6.07, 6.45) is 7.66. The predicted molar refractivity (Wildman–Crippen MR) is 75.1 cm³/mol. The van der Waals surface area contributed by atoms with Gasteiger partial charge in [0.1, 0.15) is 0 Å². The molecule has 1 saturated carbocycles. The molecule has 2 amide bonds. The minimum Gasteiger partial charge on any atom is -0.335 e. The van der Waals surface area contributed by atoms with Gasteiger partial charge >= 0.3 is 6.03 Å². The molecule has 0 atom stereocenters. The number of hydrogen-bond donors (Lipinski definition) is 3. The summed E-state index contributed by atoms with van der Waals surface area (Å²) in [5.74, 6) is 0. The van der Waals surface area contributed by atoms with Crippen molar-refractivity contribution in [2.24, 2.45) is 0 Å². The average Bonchev–Trinajstić information content (AvgIpc) is 2.87. The molecule has 5 nitrogen and oxygen atoms in total. The van der Waals surface area contributed by atoms with Crippen LogP contribution >= 0.6 is 0 Å². The first-order valence-corrected chi connectivity index (χ1v) is 6.82. The number of carbonyl (C=O) groups is 1. The Labute approximate surface area is 111 Å². The van der Waals surface area contributed by atoms with Gasteiger partial charge in [-0.2, -0.15) is 5.10 Å². The lowest BCUT2D eigenvalue weighted by Crippen LogP contribution is -2.38. The molecule has 1 aromatic carbocycles. The molecule has 1 aliphatic carbocycles. The molecular formula is C14H18N4O. The number of carbonyl (C=O) groups excluding carboxylic acids is 1. The second kappa shape index (κ2) is 5.30. The van der Waals surface area contributed by atoms with E-state index in [0.29, 0.717) is 6.04 Å². The third-order valence-electron chi connectivity index (χ3n) is 3.64. The number of hydrogen-bond acceptors (Lipinski definition) is 2. The molecule has 3 rings (SSSR count). The van der Waals surface area contributed by atoms with Crippen LogP contribution < -0.4 is 10.6 Å². The Morgan fingerprint density at radius 3 is 2.95 bits per heavy atom. The van der Waals surface area contributed by atoms with Crippen molar-refractivity contribution >= 4 is 22.6 Å². The largest absolute Gasteiger partial charge is 0.335 e. The van der Waals surface area contributed by atoms with E-state index < -0.39 is 0 Å². The van der Waals surface area contributed by atoms with Crippen molar-refractivity contribution in [3.8, 4) is 0 Å². The number of urea groups is 1. The molecule has 19 heavy (non-hydrogen) atoms. The van der Waals surface area contributed by atoms with E-state index in [2.05, 4.69) is 20.8 Å². The third kappa shape index (κ3) is 2.86. The molecule has 0 spiro atoms. The van der Waals surface area contributed by atoms with Crippen LogP contribution in [-0.2, 0) is 0 Å². The van der Waals surface area contributed by atoms with Gasteiger partial charge in [-0.05, 0) is 31.0 Å². The molecule has 100 valence electrons. The van der Waals surface area contributed by atoms with Crippen LogP contribution in [0.3, 0.4) is 0 Å². The van der Waals surface area contributed by atoms with E-state index in [9.17, 15) is 4.79 Å². The molecule has 1 heterocycles. The lowest BCUT2D eigenvalue weighted by molar-refractivity contribution is 0.244. The SMILES string of the molecule is O=C(Nc1ccc2cn[nH]c2c1)NC1CCCCC1. The monoisotopic (exact) mass is 258 g/mol. The topological polar surface area (TPSA) is 69.8 Å². The second-order valence-corrected chi connectivity index (χ2v) is 5.11. The second-order valence-electron chi connectivity index (χ2n) is 5.11. The van der Waals surface area contributed by atoms with E-state index in [1.54, 1.807) is 6.20 Å². The van der Waals surface area contributed by atoms with E-state index in [4.69, 9.17) is 0 Å². The summed E-state index contributed by atoms with van der Waals surface area (Å²) in [4.78, 5) is 11.9. The number of nitrogens with zero attached hydrogens (tertiary/aromatic N) is 1. The fourth-order valence-electron chi connectivity index (χ4n) is 2.61. The Kier molecular flexibility index (Phi) is 3.35. The van der Waals surface area contributed by atoms with Gasteiger partial charge in [-0.15, -0.1) is 0 Å². The van der Waals surface area contributed by atoms with Crippen LogP contribution in [0.15, 0.2) is 24.4 Å². The van der Waals surface area contributed by atoms with Crippen molar-refractivity contribution < 1.29 is 4.79 Å². The Hall–Kier alpha value is -2.04. The van der Waals surface area contributed by atoms with Crippen LogP contribution in [-0.4, -0.2) is 22.3 Å². The highest BCUT2D eigenvalue weighted by Crippen LogP contribution is 2.18. The van der Waals surface area contributed by atoms with Gasteiger partial charge in [0.15, 0.2) is 0 Å². The summed E-state index contributed by atoms with van der Waals surface area (Å²) in [6.45, 7) is 0. The molecular weight excluding hydrogens is 240 g/mol. The summed E-state index contributed by atoms with van der Waals surface area (Å²) in [6, 6.07) is 5.92. The molecule has 0 bridgehead atoms. The number of H-pyrrole nitrogens is 1. The van der Waals surface area contributed by atoms with Gasteiger partial charge in [0.2, 0.25) is 0 Å². The molecule has 2 aromatic rings. The summed E-state index contributed by atoms with van der Waals surface area (Å²) in [5, 5.41) is 13.8. The fourth-order valence-corrected chi connectivity index (χ4v) is 2.61. The maximum Gasteiger partial charge on any atom is 0.319 e. The maximum absolute atomic E-state index is 11.9. The van der Waals surface area contributed by atoms with Crippen molar-refractivity contribution in [1.29, 1.82) is 0 Å². The molecule has 0 saturated heterocycles. The molecule has 1 fully saturated rings. The maximum atomic E-state index is 11.9. The van der Waals surface area contributed by atoms with Gasteiger partial charge in [-0.25, -0.2) is 4.79 Å². The van der Waals surface area contributed by atoms with Crippen molar-refractivity contribution in [2.75, 3.05) is 5.32 Å². The smallest absolute Gasteiger partial charge is 0.319 e. The minimum absolute atomic E-state index is 0.120. The van der Waals surface area contributed by atoms with E-state index in [1.807, 2.05) is 18.2 Å². The van der Waals surface area contributed by atoms with Crippen molar-refractivity contribution in [3.63, 3.8) is 0 Å². The van der Waals surface area contributed by atoms with E-state index in [1.165, 1.54) is 19.3 Å². The Morgan fingerprint density at radius 2 is 2.11 bits per heavy atom. The van der Waals surface area contributed by atoms with Crippen molar-refractivity contribution in [2.45, 2.75) is 38.1 Å². The number of amides is 2. The highest BCUT2D eigenvalue weighted by Gasteiger charge is 2.15. The molecule has 0 radical (unpaired) electrons. The Bertz CT molecular complexity index is 572. The van der Waals surface area contributed by atoms with Crippen LogP contribution in [0.2, 0.25) is 0 Å². The summed E-state index contributed by atoms with van der Waals surface area (Å²) in [5.41, 5.74) is 1.71. The first kappa shape index (κ1) is 12.0. The van der Waals surface area contributed by atoms with Crippen molar-refractivity contribution in [1.82, 2.24) is 15.5 Å². The van der Waals surface area contributed by atoms with Gasteiger partial charge in [0.05, 0.1) is 11.7 Å². The molecule has 3 N–H and O–H groups in total. The van der Waals surface area contributed by atoms with Crippen LogP contribution in [0.1, 0.15) is 32.1 Å². The summed E-state index contributed by atoms with van der Waals surface area (Å²) < 4.78 is 0. The molecule has 5 heteroatoms. The quantitative estimate of drug-likeness (QED) is 0.775. The van der Waals surface area contributed by atoms with Gasteiger partial charge in [0, 0.05) is 17.1 Å². The minimum atomic E-state index is -0.120. The Morgan fingerprint density at radius 1 is 1.26 bits per heavy atom. The predicted octanol–water partition coefficient (Wildman–Crippen LogP) is 3.02. The number of anilines is 1. The normalized spacial score (nSPS) is 16.4. The van der Waals surface area contributed by atoms with Crippen molar-refractivity contribution in [3.05, 3.63) is 24.4 Å². The lowest BCUT2D eigenvalue weighted by Gasteiger charge is -2.22. The van der Waals surface area contributed by atoms with Crippen LogP contribution in [0.4, 0.5) is 10.5 Å². The molecule has 1 aromatic heterocycles. The van der Waals surface area contributed by atoms with Gasteiger partial charge in [-0.1, -0.05) is 19.3 Å². The third-order valence-corrected chi connectivity index (χ3v) is 3.64. The van der Waals surface area contributed by atoms with Gasteiger partial charge in [-0.3, -0.25) is 5.10 Å². The number of nitrogens with one attached hydrogen (secondary N) is 3. The molecule has 1 aliphatic rings. The number of fused-ring (bicyclic) bond motifs is 1. The zero-order chi connectivity index (χ0) is 13.1. The van der Waals surface area contributed by atoms with Crippen LogP contribution in [0.5, 0.6) is 0 Å². The van der Waals surface area contributed by atoms with Gasteiger partial charge < -0.3 is 10.6 Å². The number of rotatable bonds is 2. The molecule has 0 unspecified atom stereocenters. The summed E-state index contributed by atoms with van der Waals surface area (Å²) in [7, 11) is 0. The zero-order valence-corrected chi connectivity index (χ0v) is 10.8. The number of benzene rings is 1.